The molecular weight excluding hydrogens is 248 g/mol. The van der Waals surface area contributed by atoms with Gasteiger partial charge in [-0.25, -0.2) is 8.78 Å². The van der Waals surface area contributed by atoms with Crippen molar-refractivity contribution in [3.8, 4) is 0 Å². The number of hydrogen-bond donors (Lipinski definition) is 0. The molecule has 19 heavy (non-hydrogen) atoms. The first kappa shape index (κ1) is 14.0. The van der Waals surface area contributed by atoms with Gasteiger partial charge in [-0.05, 0) is 31.9 Å². The molecule has 0 bridgehead atoms. The minimum atomic E-state index is -0.644. The van der Waals surface area contributed by atoms with E-state index in [0.717, 1.165) is 37.8 Å². The highest BCUT2D eigenvalue weighted by Crippen LogP contribution is 2.31. The van der Waals surface area contributed by atoms with E-state index < -0.39 is 11.6 Å². The average Bonchev–Trinajstić information content (AvgIpc) is 2.43. The molecule has 1 fully saturated rings. The van der Waals surface area contributed by atoms with Crippen molar-refractivity contribution in [3.05, 3.63) is 29.3 Å². The molecule has 0 heterocycles. The SMILES string of the molecule is CCN(c1c(F)cc(C=O)cc1F)C1CCCCC1. The average molecular weight is 267 g/mol. The molecule has 1 aromatic carbocycles. The van der Waals surface area contributed by atoms with Crippen LogP contribution in [0.4, 0.5) is 14.5 Å². The fourth-order valence-electron chi connectivity index (χ4n) is 2.92. The van der Waals surface area contributed by atoms with E-state index in [-0.39, 0.29) is 17.3 Å². The molecule has 1 saturated carbocycles. The fourth-order valence-corrected chi connectivity index (χ4v) is 2.92. The molecule has 2 rings (SSSR count). The van der Waals surface area contributed by atoms with E-state index in [1.807, 2.05) is 6.92 Å². The third-order valence-corrected chi connectivity index (χ3v) is 3.82. The molecule has 1 aliphatic rings. The molecule has 4 heteroatoms. The standard InChI is InChI=1S/C15H19F2NO/c1-2-18(12-6-4-3-5-7-12)15-13(16)8-11(10-19)9-14(15)17/h8-10,12H,2-7H2,1H3. The highest BCUT2D eigenvalue weighted by molar-refractivity contribution is 5.76. The third kappa shape index (κ3) is 2.94. The summed E-state index contributed by atoms with van der Waals surface area (Å²) in [5.41, 5.74) is 0.0541. The van der Waals surface area contributed by atoms with Crippen molar-refractivity contribution in [3.63, 3.8) is 0 Å². The van der Waals surface area contributed by atoms with E-state index in [1.165, 1.54) is 6.42 Å². The van der Waals surface area contributed by atoms with Gasteiger partial charge in [0.05, 0.1) is 0 Å². The van der Waals surface area contributed by atoms with Crippen molar-refractivity contribution in [2.75, 3.05) is 11.4 Å². The Bertz CT molecular complexity index is 432. The quantitative estimate of drug-likeness (QED) is 0.770. The Hall–Kier alpha value is -1.45. The zero-order valence-corrected chi connectivity index (χ0v) is 11.2. The zero-order valence-electron chi connectivity index (χ0n) is 11.2. The minimum Gasteiger partial charge on any atom is -0.364 e. The van der Waals surface area contributed by atoms with Crippen molar-refractivity contribution >= 4 is 12.0 Å². The van der Waals surface area contributed by atoms with Crippen LogP contribution in [0.15, 0.2) is 12.1 Å². The maximum atomic E-state index is 14.0. The summed E-state index contributed by atoms with van der Waals surface area (Å²) in [6.45, 7) is 2.47. The second-order valence-corrected chi connectivity index (χ2v) is 5.03. The van der Waals surface area contributed by atoms with Gasteiger partial charge in [-0.2, -0.15) is 0 Å². The Balaban J connectivity index is 2.34. The Morgan fingerprint density at radius 2 is 1.79 bits per heavy atom. The number of rotatable bonds is 4. The van der Waals surface area contributed by atoms with Crippen LogP contribution >= 0.6 is 0 Å². The van der Waals surface area contributed by atoms with Gasteiger partial charge in [-0.1, -0.05) is 19.3 Å². The lowest BCUT2D eigenvalue weighted by atomic mass is 9.93. The van der Waals surface area contributed by atoms with Crippen LogP contribution in [0.3, 0.4) is 0 Å². The lowest BCUT2D eigenvalue weighted by Crippen LogP contribution is -2.38. The van der Waals surface area contributed by atoms with E-state index in [2.05, 4.69) is 0 Å². The predicted molar refractivity (Wildman–Crippen MR) is 71.6 cm³/mol. The number of carbonyl (C=O) groups is 1. The number of anilines is 1. The first-order valence-corrected chi connectivity index (χ1v) is 6.88. The maximum Gasteiger partial charge on any atom is 0.150 e. The van der Waals surface area contributed by atoms with Crippen molar-refractivity contribution in [1.82, 2.24) is 0 Å². The Morgan fingerprint density at radius 3 is 2.26 bits per heavy atom. The minimum absolute atomic E-state index is 0.0139. The van der Waals surface area contributed by atoms with Gasteiger partial charge in [0.25, 0.3) is 0 Å². The lowest BCUT2D eigenvalue weighted by molar-refractivity contribution is 0.112. The highest BCUT2D eigenvalue weighted by atomic mass is 19.1. The van der Waals surface area contributed by atoms with Gasteiger partial charge < -0.3 is 4.90 Å². The van der Waals surface area contributed by atoms with Crippen molar-refractivity contribution in [2.45, 2.75) is 45.1 Å². The largest absolute Gasteiger partial charge is 0.364 e. The van der Waals surface area contributed by atoms with Gasteiger partial charge in [0, 0.05) is 18.2 Å². The van der Waals surface area contributed by atoms with Crippen LogP contribution in [-0.4, -0.2) is 18.9 Å². The van der Waals surface area contributed by atoms with Crippen LogP contribution in [0.2, 0.25) is 0 Å². The van der Waals surface area contributed by atoms with E-state index in [0.29, 0.717) is 12.8 Å². The number of carbonyl (C=O) groups excluding carboxylic acids is 1. The highest BCUT2D eigenvalue weighted by Gasteiger charge is 2.25. The second-order valence-electron chi connectivity index (χ2n) is 5.03. The summed E-state index contributed by atoms with van der Waals surface area (Å²) >= 11 is 0. The molecular formula is C15H19F2NO. The van der Waals surface area contributed by atoms with Crippen LogP contribution in [0.5, 0.6) is 0 Å². The molecule has 0 atom stereocenters. The maximum absolute atomic E-state index is 14.0. The predicted octanol–water partition coefficient (Wildman–Crippen LogP) is 3.94. The molecule has 0 aliphatic heterocycles. The normalized spacial score (nSPS) is 16.4. The molecule has 104 valence electrons. The summed E-state index contributed by atoms with van der Waals surface area (Å²) in [6, 6.07) is 2.41. The van der Waals surface area contributed by atoms with Gasteiger partial charge >= 0.3 is 0 Å². The van der Waals surface area contributed by atoms with E-state index in [1.54, 1.807) is 4.90 Å². The van der Waals surface area contributed by atoms with Crippen LogP contribution in [-0.2, 0) is 0 Å². The van der Waals surface area contributed by atoms with Crippen LogP contribution in [0.25, 0.3) is 0 Å². The molecule has 1 aliphatic carbocycles. The monoisotopic (exact) mass is 267 g/mol. The van der Waals surface area contributed by atoms with Crippen LogP contribution in [0.1, 0.15) is 49.4 Å². The van der Waals surface area contributed by atoms with Gasteiger partial charge in [-0.15, -0.1) is 0 Å². The Kier molecular flexibility index (Phi) is 4.51. The fraction of sp³-hybridized carbons (Fsp3) is 0.533. The lowest BCUT2D eigenvalue weighted by Gasteiger charge is -2.35. The van der Waals surface area contributed by atoms with Crippen molar-refractivity contribution < 1.29 is 13.6 Å². The van der Waals surface area contributed by atoms with Gasteiger partial charge in [-0.3, -0.25) is 4.79 Å². The molecule has 1 aromatic rings. The van der Waals surface area contributed by atoms with Crippen molar-refractivity contribution in [1.29, 1.82) is 0 Å². The number of nitrogens with zero attached hydrogens (tertiary/aromatic N) is 1. The zero-order chi connectivity index (χ0) is 13.8. The molecule has 2 nitrogen and oxygen atoms in total. The first-order chi connectivity index (χ1) is 9.17. The number of aldehydes is 1. The third-order valence-electron chi connectivity index (χ3n) is 3.82. The summed E-state index contributed by atoms with van der Waals surface area (Å²) in [4.78, 5) is 12.4. The molecule has 0 saturated heterocycles. The van der Waals surface area contributed by atoms with Gasteiger partial charge in [0.2, 0.25) is 0 Å². The molecule has 0 unspecified atom stereocenters. The molecule has 0 N–H and O–H groups in total. The number of halogens is 2. The number of benzene rings is 1. The molecule has 0 amide bonds. The number of hydrogen-bond acceptors (Lipinski definition) is 2. The Morgan fingerprint density at radius 1 is 1.21 bits per heavy atom. The summed E-state index contributed by atoms with van der Waals surface area (Å²) in [5, 5.41) is 0. The Labute approximate surface area is 112 Å². The summed E-state index contributed by atoms with van der Waals surface area (Å²) < 4.78 is 28.1. The first-order valence-electron chi connectivity index (χ1n) is 6.88. The van der Waals surface area contributed by atoms with E-state index in [9.17, 15) is 13.6 Å². The van der Waals surface area contributed by atoms with Crippen LogP contribution in [0, 0.1) is 11.6 Å². The van der Waals surface area contributed by atoms with E-state index in [4.69, 9.17) is 0 Å². The van der Waals surface area contributed by atoms with E-state index >= 15 is 0 Å². The topological polar surface area (TPSA) is 20.3 Å². The van der Waals surface area contributed by atoms with Gasteiger partial charge in [0.1, 0.15) is 23.6 Å². The van der Waals surface area contributed by atoms with Gasteiger partial charge in [0.15, 0.2) is 0 Å². The summed E-state index contributed by atoms with van der Waals surface area (Å²) in [5.74, 6) is -1.29. The molecule has 0 radical (unpaired) electrons. The molecule has 0 spiro atoms. The summed E-state index contributed by atoms with van der Waals surface area (Å²) in [7, 11) is 0. The molecule has 0 aromatic heterocycles. The summed E-state index contributed by atoms with van der Waals surface area (Å²) in [6.07, 6.45) is 5.83. The smallest absolute Gasteiger partial charge is 0.150 e. The van der Waals surface area contributed by atoms with Crippen LogP contribution < -0.4 is 4.90 Å². The van der Waals surface area contributed by atoms with Crippen molar-refractivity contribution in [2.24, 2.45) is 0 Å². The second kappa shape index (κ2) is 6.13.